The fourth-order valence-corrected chi connectivity index (χ4v) is 2.03. The third kappa shape index (κ3) is 3.14. The van der Waals surface area contributed by atoms with Crippen LogP contribution in [0.25, 0.3) is 0 Å². The molecule has 0 saturated heterocycles. The fourth-order valence-electron chi connectivity index (χ4n) is 1.07. The molecule has 0 spiro atoms. The zero-order valence-electron chi connectivity index (χ0n) is 9.49. The van der Waals surface area contributed by atoms with Crippen molar-refractivity contribution in [3.05, 3.63) is 24.3 Å². The number of carbonyl (C=O) groups is 2. The summed E-state index contributed by atoms with van der Waals surface area (Å²) in [6.45, 7) is 0. The lowest BCUT2D eigenvalue weighted by atomic mass is 10.1. The average Bonchev–Trinajstić information content (AvgIpc) is 2.36. The summed E-state index contributed by atoms with van der Waals surface area (Å²) in [5.74, 6) is -3.41. The van der Waals surface area contributed by atoms with Crippen LogP contribution in [-0.4, -0.2) is 45.7 Å². The van der Waals surface area contributed by atoms with Crippen molar-refractivity contribution in [2.24, 2.45) is 0 Å². The summed E-state index contributed by atoms with van der Waals surface area (Å²) in [4.78, 5) is 22.1. The van der Waals surface area contributed by atoms with Gasteiger partial charge in [0.05, 0.1) is 7.11 Å². The quantitative estimate of drug-likeness (QED) is 0.517. The van der Waals surface area contributed by atoms with E-state index in [2.05, 4.69) is 0 Å². The molecule has 0 aliphatic heterocycles. The molecule has 0 amide bonds. The summed E-state index contributed by atoms with van der Waals surface area (Å²) in [6.07, 6.45) is 0. The third-order valence-corrected chi connectivity index (χ3v) is 3.38. The summed E-state index contributed by atoms with van der Waals surface area (Å²) < 4.78 is 4.94. The zero-order valence-corrected chi connectivity index (χ0v) is 10.3. The van der Waals surface area contributed by atoms with E-state index < -0.39 is 23.3 Å². The van der Waals surface area contributed by atoms with Gasteiger partial charge in [-0.3, -0.25) is 0 Å². The van der Waals surface area contributed by atoms with Crippen molar-refractivity contribution < 1.29 is 29.6 Å². The van der Waals surface area contributed by atoms with Crippen LogP contribution in [0.4, 0.5) is 0 Å². The van der Waals surface area contributed by atoms with E-state index in [4.69, 9.17) is 14.9 Å². The van der Waals surface area contributed by atoms with E-state index in [1.807, 2.05) is 0 Å². The first-order valence-corrected chi connectivity index (χ1v) is 5.84. The molecule has 0 aliphatic carbocycles. The Hall–Kier alpha value is -1.73. The minimum Gasteiger partial charge on any atom is -0.497 e. The fraction of sp³-hybridized carbons (Fsp3) is 0.273. The molecule has 0 bridgehead atoms. The first-order valence-electron chi connectivity index (χ1n) is 4.86. The Kier molecular flexibility index (Phi) is 4.57. The molecule has 0 aliphatic rings. The minimum absolute atomic E-state index is 0.482. The molecule has 98 valence electrons. The van der Waals surface area contributed by atoms with Gasteiger partial charge in [-0.05, 0) is 24.3 Å². The van der Waals surface area contributed by atoms with Crippen LogP contribution in [0.15, 0.2) is 29.2 Å². The number of thioether (sulfide) groups is 1. The number of rotatable bonds is 6. The van der Waals surface area contributed by atoms with Crippen molar-refractivity contribution in [3.63, 3.8) is 0 Å². The third-order valence-electron chi connectivity index (χ3n) is 2.21. The van der Waals surface area contributed by atoms with E-state index in [1.54, 1.807) is 24.3 Å². The number of methoxy groups -OCH3 is 1. The highest BCUT2D eigenvalue weighted by molar-refractivity contribution is 7.99. The highest BCUT2D eigenvalue weighted by atomic mass is 32.2. The summed E-state index contributed by atoms with van der Waals surface area (Å²) in [5.41, 5.74) is -2.79. The van der Waals surface area contributed by atoms with Gasteiger partial charge in [0.25, 0.3) is 5.60 Å². The van der Waals surface area contributed by atoms with Crippen LogP contribution in [0.1, 0.15) is 0 Å². The van der Waals surface area contributed by atoms with E-state index in [-0.39, 0.29) is 0 Å². The number of ether oxygens (including phenoxy) is 1. The van der Waals surface area contributed by atoms with Gasteiger partial charge in [0.2, 0.25) is 0 Å². The smallest absolute Gasteiger partial charge is 0.348 e. The van der Waals surface area contributed by atoms with E-state index in [0.717, 1.165) is 11.8 Å². The number of aliphatic carboxylic acids is 2. The SMILES string of the molecule is COc1ccc(SCC(O)(C(=O)O)C(=O)O)cc1. The maximum Gasteiger partial charge on any atom is 0.348 e. The number of carboxylic acids is 2. The Morgan fingerprint density at radius 1 is 1.22 bits per heavy atom. The van der Waals surface area contributed by atoms with Crippen molar-refractivity contribution in [1.29, 1.82) is 0 Å². The number of benzene rings is 1. The van der Waals surface area contributed by atoms with Gasteiger partial charge in [-0.2, -0.15) is 0 Å². The topological polar surface area (TPSA) is 104 Å². The number of carboxylic acid groups (broad SMARTS) is 2. The second kappa shape index (κ2) is 5.74. The number of hydrogen-bond donors (Lipinski definition) is 3. The molecule has 18 heavy (non-hydrogen) atoms. The van der Waals surface area contributed by atoms with E-state index in [0.29, 0.717) is 10.6 Å². The van der Waals surface area contributed by atoms with Crippen molar-refractivity contribution in [1.82, 2.24) is 0 Å². The lowest BCUT2D eigenvalue weighted by Gasteiger charge is -2.17. The summed E-state index contributed by atoms with van der Waals surface area (Å²) in [5, 5.41) is 26.9. The Balaban J connectivity index is 2.73. The maximum absolute atomic E-state index is 10.7. The van der Waals surface area contributed by atoms with Crippen LogP contribution in [0, 0.1) is 0 Å². The predicted octanol–water partition coefficient (Wildman–Crippen LogP) is 0.688. The van der Waals surface area contributed by atoms with Gasteiger partial charge in [0, 0.05) is 10.6 Å². The molecular formula is C11H12O6S. The molecule has 0 unspecified atom stereocenters. The second-order valence-corrected chi connectivity index (χ2v) is 4.48. The summed E-state index contributed by atoms with van der Waals surface area (Å²) in [7, 11) is 1.51. The van der Waals surface area contributed by atoms with Gasteiger partial charge < -0.3 is 20.1 Å². The Morgan fingerprint density at radius 3 is 2.11 bits per heavy atom. The van der Waals surface area contributed by atoms with Crippen LogP contribution in [0.5, 0.6) is 5.75 Å². The lowest BCUT2D eigenvalue weighted by Crippen LogP contribution is -2.48. The highest BCUT2D eigenvalue weighted by Gasteiger charge is 2.44. The standard InChI is InChI=1S/C11H12O6S/c1-17-7-2-4-8(5-3-7)18-6-11(16,9(12)13)10(14)15/h2-5,16H,6H2,1H3,(H,12,13)(H,14,15). The predicted molar refractivity (Wildman–Crippen MR) is 63.9 cm³/mol. The molecule has 0 heterocycles. The average molecular weight is 272 g/mol. The normalized spacial score (nSPS) is 11.0. The molecule has 0 radical (unpaired) electrons. The summed E-state index contributed by atoms with van der Waals surface area (Å²) in [6, 6.07) is 6.60. The molecule has 3 N–H and O–H groups in total. The van der Waals surface area contributed by atoms with Gasteiger partial charge in [-0.25, -0.2) is 9.59 Å². The number of hydrogen-bond acceptors (Lipinski definition) is 5. The molecular weight excluding hydrogens is 260 g/mol. The molecule has 1 aromatic rings. The van der Waals surface area contributed by atoms with Gasteiger partial charge in [0.1, 0.15) is 5.75 Å². The largest absolute Gasteiger partial charge is 0.497 e. The Labute approximate surface area is 107 Å². The Bertz CT molecular complexity index is 427. The van der Waals surface area contributed by atoms with E-state index in [1.165, 1.54) is 7.11 Å². The molecule has 0 saturated carbocycles. The van der Waals surface area contributed by atoms with Crippen LogP contribution in [0.2, 0.25) is 0 Å². The molecule has 6 nitrogen and oxygen atoms in total. The summed E-state index contributed by atoms with van der Waals surface area (Å²) >= 11 is 0.936. The zero-order chi connectivity index (χ0) is 13.8. The number of aliphatic hydroxyl groups is 1. The molecule has 1 aromatic carbocycles. The monoisotopic (exact) mass is 272 g/mol. The van der Waals surface area contributed by atoms with E-state index in [9.17, 15) is 14.7 Å². The maximum atomic E-state index is 10.7. The van der Waals surface area contributed by atoms with Gasteiger partial charge >= 0.3 is 11.9 Å². The molecule has 0 aromatic heterocycles. The van der Waals surface area contributed by atoms with Crippen LogP contribution in [0.3, 0.4) is 0 Å². The second-order valence-electron chi connectivity index (χ2n) is 3.43. The van der Waals surface area contributed by atoms with E-state index >= 15 is 0 Å². The first-order chi connectivity index (χ1) is 8.40. The molecule has 7 heteroatoms. The highest BCUT2D eigenvalue weighted by Crippen LogP contribution is 2.25. The molecule has 0 fully saturated rings. The molecule has 0 atom stereocenters. The van der Waals surface area contributed by atoms with Crippen LogP contribution < -0.4 is 4.74 Å². The van der Waals surface area contributed by atoms with Crippen molar-refractivity contribution in [2.75, 3.05) is 12.9 Å². The molecule has 1 rings (SSSR count). The van der Waals surface area contributed by atoms with Crippen molar-refractivity contribution in [3.8, 4) is 5.75 Å². The van der Waals surface area contributed by atoms with Crippen molar-refractivity contribution in [2.45, 2.75) is 10.5 Å². The van der Waals surface area contributed by atoms with Gasteiger partial charge in [0.15, 0.2) is 0 Å². The minimum atomic E-state index is -2.79. The first kappa shape index (κ1) is 14.3. The Morgan fingerprint density at radius 2 is 1.72 bits per heavy atom. The van der Waals surface area contributed by atoms with Crippen LogP contribution in [-0.2, 0) is 9.59 Å². The van der Waals surface area contributed by atoms with Gasteiger partial charge in [-0.15, -0.1) is 11.8 Å². The van der Waals surface area contributed by atoms with Crippen LogP contribution >= 0.6 is 11.8 Å². The lowest BCUT2D eigenvalue weighted by molar-refractivity contribution is -0.172. The van der Waals surface area contributed by atoms with Gasteiger partial charge in [-0.1, -0.05) is 0 Å². The van der Waals surface area contributed by atoms with Crippen molar-refractivity contribution >= 4 is 23.7 Å².